The van der Waals surface area contributed by atoms with E-state index in [1.165, 1.54) is 109 Å². The van der Waals surface area contributed by atoms with Gasteiger partial charge in [0.05, 0.1) is 27.7 Å². The van der Waals surface area contributed by atoms with E-state index < -0.39 is 32.5 Å². The summed E-state index contributed by atoms with van der Waals surface area (Å²) in [6.45, 7) is 4.22. The number of phosphoric acid groups is 1. The maximum absolute atomic E-state index is 12.6. The average molecular weight is 755 g/mol. The minimum atomic E-state index is -4.40. The van der Waals surface area contributed by atoms with Crippen LogP contribution in [0.3, 0.4) is 0 Å². The third kappa shape index (κ3) is 37.7. The van der Waals surface area contributed by atoms with Crippen molar-refractivity contribution in [1.82, 2.24) is 0 Å². The molecule has 0 fully saturated rings. The number of phosphoric ester groups is 1. The maximum atomic E-state index is 12.6. The number of carbonyl (C=O) groups excluding carboxylic acids is 2. The molecule has 52 heavy (non-hydrogen) atoms. The molecule has 0 aromatic rings. The molecule has 0 heterocycles. The van der Waals surface area contributed by atoms with Crippen molar-refractivity contribution in [2.45, 2.75) is 161 Å². The van der Waals surface area contributed by atoms with Gasteiger partial charge in [0.2, 0.25) is 0 Å². The predicted octanol–water partition coefficient (Wildman–Crippen LogP) is 11.1. The first-order valence-electron chi connectivity index (χ1n) is 20.4. The number of likely N-dealkylation sites (N-methyl/N-ethyl adjacent to an activating group) is 1. The molecule has 0 amide bonds. The third-order valence-electron chi connectivity index (χ3n) is 8.53. The van der Waals surface area contributed by atoms with E-state index in [-0.39, 0.29) is 19.6 Å². The van der Waals surface area contributed by atoms with E-state index >= 15 is 0 Å². The van der Waals surface area contributed by atoms with Crippen LogP contribution in [-0.2, 0) is 32.7 Å². The smallest absolute Gasteiger partial charge is 0.458 e. The number of nitrogens with zero attached hydrogens (tertiary/aromatic N) is 1. The fraction of sp³-hybridized carbons (Fsp3) is 0.762. The molecule has 1 unspecified atom stereocenters. The van der Waals surface area contributed by atoms with E-state index in [2.05, 4.69) is 19.9 Å². The van der Waals surface area contributed by atoms with E-state index in [1.54, 1.807) is 12.2 Å². The number of quaternary nitrogens is 1. The van der Waals surface area contributed by atoms with Crippen LogP contribution in [-0.4, -0.2) is 74.9 Å². The van der Waals surface area contributed by atoms with Crippen molar-refractivity contribution in [3.63, 3.8) is 0 Å². The van der Waals surface area contributed by atoms with Gasteiger partial charge in [-0.15, -0.1) is 0 Å². The Kier molecular flexibility index (Phi) is 33.4. The monoisotopic (exact) mass is 755 g/mol. The van der Waals surface area contributed by atoms with Gasteiger partial charge in [0.25, 0.3) is 0 Å². The summed E-state index contributed by atoms with van der Waals surface area (Å²) < 4.78 is 34.0. The minimum absolute atomic E-state index is 0.0127. The van der Waals surface area contributed by atoms with Crippen LogP contribution in [0, 0.1) is 0 Å². The van der Waals surface area contributed by atoms with Crippen LogP contribution in [0.4, 0.5) is 0 Å². The Labute approximate surface area is 318 Å². The van der Waals surface area contributed by atoms with Crippen LogP contribution in [0.1, 0.15) is 155 Å². The lowest BCUT2D eigenvalue weighted by molar-refractivity contribution is -0.870. The normalized spacial score (nSPS) is 14.2. The van der Waals surface area contributed by atoms with Crippen molar-refractivity contribution in [1.29, 1.82) is 0 Å². The number of carbonyl (C=O) groups is 2. The van der Waals surface area contributed by atoms with E-state index in [0.717, 1.165) is 25.7 Å². The van der Waals surface area contributed by atoms with Crippen LogP contribution >= 0.6 is 7.82 Å². The zero-order valence-corrected chi connectivity index (χ0v) is 34.7. The third-order valence-corrected chi connectivity index (χ3v) is 9.52. The van der Waals surface area contributed by atoms with Crippen molar-refractivity contribution in [3.8, 4) is 0 Å². The number of hydrogen-bond acceptors (Lipinski definition) is 7. The van der Waals surface area contributed by atoms with Crippen molar-refractivity contribution in [2.24, 2.45) is 0 Å². The SMILES string of the molecule is CCCCCCCCC/C=C\C=C\C=CC=CC(=O)OC[C@H](COP(=O)(O)OCC[N+](C)(C)C)OC(=O)CCCCCCCCCCCCCCC. The number of ether oxygens (including phenoxy) is 2. The van der Waals surface area contributed by atoms with Gasteiger partial charge in [-0.2, -0.15) is 0 Å². The highest BCUT2D eigenvalue weighted by molar-refractivity contribution is 7.47. The molecule has 302 valence electrons. The van der Waals surface area contributed by atoms with E-state index in [4.69, 9.17) is 18.5 Å². The predicted molar refractivity (Wildman–Crippen MR) is 215 cm³/mol. The van der Waals surface area contributed by atoms with Crippen LogP contribution in [0.25, 0.3) is 0 Å². The Bertz CT molecular complexity index is 1030. The number of unbranched alkanes of at least 4 members (excludes halogenated alkanes) is 19. The molecule has 10 heteroatoms. The molecule has 0 radical (unpaired) electrons. The Hall–Kier alpha value is -2.03. The van der Waals surface area contributed by atoms with Crippen molar-refractivity contribution < 1.29 is 42.1 Å². The second kappa shape index (κ2) is 34.7. The lowest BCUT2D eigenvalue weighted by atomic mass is 10.0. The molecule has 0 saturated carbocycles. The molecule has 0 rings (SSSR count). The molecule has 9 nitrogen and oxygen atoms in total. The first kappa shape index (κ1) is 50.0. The average Bonchev–Trinajstić information content (AvgIpc) is 3.09. The van der Waals surface area contributed by atoms with Gasteiger partial charge in [0, 0.05) is 12.5 Å². The summed E-state index contributed by atoms with van der Waals surface area (Å²) >= 11 is 0. The minimum Gasteiger partial charge on any atom is -0.458 e. The zero-order chi connectivity index (χ0) is 38.6. The highest BCUT2D eigenvalue weighted by Gasteiger charge is 2.26. The topological polar surface area (TPSA) is 108 Å². The van der Waals surface area contributed by atoms with Gasteiger partial charge >= 0.3 is 19.8 Å². The van der Waals surface area contributed by atoms with Gasteiger partial charge < -0.3 is 18.9 Å². The molecule has 0 aliphatic rings. The number of rotatable bonds is 36. The van der Waals surface area contributed by atoms with Gasteiger partial charge in [-0.3, -0.25) is 13.8 Å². The van der Waals surface area contributed by atoms with E-state index in [9.17, 15) is 19.0 Å². The molecule has 0 aromatic carbocycles. The zero-order valence-electron chi connectivity index (χ0n) is 33.8. The fourth-order valence-corrected chi connectivity index (χ4v) is 6.04. The van der Waals surface area contributed by atoms with Crippen molar-refractivity contribution in [3.05, 3.63) is 48.6 Å². The van der Waals surface area contributed by atoms with Crippen LogP contribution < -0.4 is 0 Å². The second-order valence-corrected chi connectivity index (χ2v) is 16.3. The molecular formula is C42H77NO8P+. The highest BCUT2D eigenvalue weighted by atomic mass is 31.2. The summed E-state index contributed by atoms with van der Waals surface area (Å²) in [4.78, 5) is 35.1. The molecule has 1 N–H and O–H groups in total. The Morgan fingerprint density at radius 3 is 1.65 bits per heavy atom. The van der Waals surface area contributed by atoms with E-state index in [0.29, 0.717) is 17.4 Å². The number of esters is 2. The van der Waals surface area contributed by atoms with Crippen LogP contribution in [0.15, 0.2) is 48.6 Å². The Morgan fingerprint density at radius 2 is 1.12 bits per heavy atom. The van der Waals surface area contributed by atoms with Crippen LogP contribution in [0.5, 0.6) is 0 Å². The second-order valence-electron chi connectivity index (χ2n) is 14.8. The molecule has 0 bridgehead atoms. The van der Waals surface area contributed by atoms with Crippen molar-refractivity contribution >= 4 is 19.8 Å². The van der Waals surface area contributed by atoms with Gasteiger partial charge in [-0.25, -0.2) is 9.36 Å². The number of allylic oxidation sites excluding steroid dienone is 7. The highest BCUT2D eigenvalue weighted by Crippen LogP contribution is 2.43. The van der Waals surface area contributed by atoms with Gasteiger partial charge in [-0.1, -0.05) is 172 Å². The summed E-state index contributed by atoms with van der Waals surface area (Å²) in [5.41, 5.74) is 0. The molecule has 0 saturated heterocycles. The van der Waals surface area contributed by atoms with Gasteiger partial charge in [0.15, 0.2) is 6.10 Å². The standard InChI is InChI=1S/C42H76NO8P/c1-6-8-10-12-14-16-18-20-21-23-24-26-28-30-32-34-41(44)48-38-40(39-50-52(46,47)49-37-36-43(3,4)5)51-42(45)35-33-31-29-27-25-22-19-17-15-13-11-9-7-2/h21,23-24,26,28,30,32,34,40H,6-20,22,25,27,29,31,33,35-39H2,1-5H3/p+1/b23-21-,26-24+,30-28?,34-32?/t40-/m1/s1. The summed E-state index contributed by atoms with van der Waals surface area (Å²) in [5, 5.41) is 0. The fourth-order valence-electron chi connectivity index (χ4n) is 5.30. The summed E-state index contributed by atoms with van der Waals surface area (Å²) in [5.74, 6) is -1.10. The molecule has 0 aliphatic heterocycles. The largest absolute Gasteiger partial charge is 0.472 e. The molecule has 2 atom stereocenters. The van der Waals surface area contributed by atoms with Crippen molar-refractivity contribution in [2.75, 3.05) is 47.5 Å². The van der Waals surface area contributed by atoms with Gasteiger partial charge in [-0.05, 0) is 19.3 Å². The summed E-state index contributed by atoms with van der Waals surface area (Å²) in [6, 6.07) is 0. The maximum Gasteiger partial charge on any atom is 0.472 e. The Morgan fingerprint density at radius 1 is 0.635 bits per heavy atom. The first-order chi connectivity index (χ1) is 25.0. The first-order valence-corrected chi connectivity index (χ1v) is 21.9. The lowest BCUT2D eigenvalue weighted by Gasteiger charge is -2.24. The Balaban J connectivity index is 4.60. The van der Waals surface area contributed by atoms with Crippen LogP contribution in [0.2, 0.25) is 0 Å². The van der Waals surface area contributed by atoms with Gasteiger partial charge in [0.1, 0.15) is 19.8 Å². The molecule has 0 aromatic heterocycles. The number of hydrogen-bond donors (Lipinski definition) is 1. The quantitative estimate of drug-likeness (QED) is 0.0168. The summed E-state index contributed by atoms with van der Waals surface area (Å²) in [6.07, 6.45) is 39.4. The molecule has 0 aliphatic carbocycles. The molecule has 0 spiro atoms. The molecular weight excluding hydrogens is 677 g/mol. The van der Waals surface area contributed by atoms with E-state index in [1.807, 2.05) is 45.4 Å². The summed E-state index contributed by atoms with van der Waals surface area (Å²) in [7, 11) is 1.41. The lowest BCUT2D eigenvalue weighted by Crippen LogP contribution is -2.37.